The van der Waals surface area contributed by atoms with Crippen LogP contribution in [0.4, 0.5) is 0 Å². The van der Waals surface area contributed by atoms with Crippen LogP contribution in [0, 0.1) is 12.8 Å². The molecule has 2 saturated heterocycles. The third-order valence-electron chi connectivity index (χ3n) is 4.80. The molecule has 4 heterocycles. The Morgan fingerprint density at radius 3 is 3.00 bits per heavy atom. The van der Waals surface area contributed by atoms with E-state index in [9.17, 15) is 0 Å². The molecule has 7 heteroatoms. The highest BCUT2D eigenvalue weighted by Gasteiger charge is 2.42. The predicted octanol–water partition coefficient (Wildman–Crippen LogP) is 1.61. The van der Waals surface area contributed by atoms with Crippen molar-refractivity contribution in [3.63, 3.8) is 0 Å². The average molecular weight is 330 g/mol. The molecule has 128 valence electrons. The zero-order valence-corrected chi connectivity index (χ0v) is 14.0. The summed E-state index contributed by atoms with van der Waals surface area (Å²) in [4.78, 5) is 6.69. The van der Waals surface area contributed by atoms with Gasteiger partial charge in [0.2, 0.25) is 17.7 Å². The first kappa shape index (κ1) is 15.5. The van der Waals surface area contributed by atoms with Gasteiger partial charge in [-0.2, -0.15) is 0 Å². The Balaban J connectivity index is 1.33. The highest BCUT2D eigenvalue weighted by atomic mass is 16.5. The normalized spacial score (nSPS) is 26.7. The van der Waals surface area contributed by atoms with Crippen LogP contribution in [0.3, 0.4) is 0 Å². The van der Waals surface area contributed by atoms with Crippen LogP contribution in [0.2, 0.25) is 0 Å². The van der Waals surface area contributed by atoms with Gasteiger partial charge < -0.3 is 13.9 Å². The van der Waals surface area contributed by atoms with Gasteiger partial charge >= 0.3 is 0 Å². The number of hydrogen-bond acceptors (Lipinski definition) is 7. The van der Waals surface area contributed by atoms with Crippen LogP contribution in [0.1, 0.15) is 23.8 Å². The van der Waals surface area contributed by atoms with Gasteiger partial charge in [-0.25, -0.2) is 4.98 Å². The van der Waals surface area contributed by atoms with Gasteiger partial charge in [0.05, 0.1) is 25.7 Å². The van der Waals surface area contributed by atoms with Crippen molar-refractivity contribution in [2.75, 3.05) is 20.2 Å². The summed E-state index contributed by atoms with van der Waals surface area (Å²) < 4.78 is 17.0. The molecule has 24 heavy (non-hydrogen) atoms. The maximum absolute atomic E-state index is 6.21. The summed E-state index contributed by atoms with van der Waals surface area (Å²) in [6.07, 6.45) is 4.00. The minimum atomic E-state index is 0.190. The number of rotatable bonds is 5. The molecule has 3 atom stereocenters. The number of likely N-dealkylation sites (tertiary alicyclic amines) is 1. The number of hydrogen-bond donors (Lipinski definition) is 0. The van der Waals surface area contributed by atoms with E-state index in [1.807, 2.05) is 13.0 Å². The summed E-state index contributed by atoms with van der Waals surface area (Å²) in [5.74, 6) is 2.57. The number of aryl methyl sites for hydroxylation is 1. The summed E-state index contributed by atoms with van der Waals surface area (Å²) in [6.45, 7) is 4.65. The van der Waals surface area contributed by atoms with E-state index in [1.54, 1.807) is 13.3 Å². The van der Waals surface area contributed by atoms with Gasteiger partial charge in [-0.1, -0.05) is 6.07 Å². The predicted molar refractivity (Wildman–Crippen MR) is 85.6 cm³/mol. The Labute approximate surface area is 141 Å². The van der Waals surface area contributed by atoms with Crippen molar-refractivity contribution in [1.82, 2.24) is 20.1 Å². The van der Waals surface area contributed by atoms with E-state index in [-0.39, 0.29) is 6.10 Å². The number of methoxy groups -OCH3 is 1. The van der Waals surface area contributed by atoms with E-state index in [4.69, 9.17) is 13.9 Å². The van der Waals surface area contributed by atoms with E-state index in [2.05, 4.69) is 26.1 Å². The minimum absolute atomic E-state index is 0.190. The lowest BCUT2D eigenvalue weighted by molar-refractivity contribution is 0.0349. The van der Waals surface area contributed by atoms with Crippen molar-refractivity contribution < 1.29 is 13.9 Å². The zero-order valence-electron chi connectivity index (χ0n) is 14.0. The fraction of sp³-hybridized carbons (Fsp3) is 0.588. The molecule has 0 aliphatic carbocycles. The number of ether oxygens (including phenoxy) is 2. The van der Waals surface area contributed by atoms with Crippen molar-refractivity contribution >= 4 is 0 Å². The Kier molecular flexibility index (Phi) is 4.20. The summed E-state index contributed by atoms with van der Waals surface area (Å²) in [5, 5.41) is 7.94. The minimum Gasteiger partial charge on any atom is -0.481 e. The Morgan fingerprint density at radius 1 is 1.33 bits per heavy atom. The standard InChI is InChI=1S/C17H22N4O3/c1-11-19-20-16(23-11)7-14-6-13-9-21(10-15(13)24-14)8-12-4-3-5-18-17(12)22-2/h3-5,13-15H,6-10H2,1-2H3/t13-,14-,15+/m0/s1. The van der Waals surface area contributed by atoms with Gasteiger partial charge in [-0.05, 0) is 12.5 Å². The van der Waals surface area contributed by atoms with Gasteiger partial charge in [0.25, 0.3) is 0 Å². The zero-order chi connectivity index (χ0) is 16.5. The molecule has 0 spiro atoms. The molecule has 2 aromatic rings. The third-order valence-corrected chi connectivity index (χ3v) is 4.80. The van der Waals surface area contributed by atoms with E-state index in [0.29, 0.717) is 36.1 Å². The highest BCUT2D eigenvalue weighted by molar-refractivity contribution is 5.25. The molecule has 0 N–H and O–H groups in total. The summed E-state index contributed by atoms with van der Waals surface area (Å²) >= 11 is 0. The molecule has 2 aliphatic heterocycles. The molecule has 7 nitrogen and oxygen atoms in total. The van der Waals surface area contributed by atoms with Crippen molar-refractivity contribution in [3.8, 4) is 5.88 Å². The average Bonchev–Trinajstić information content (AvgIpc) is 3.23. The first-order valence-corrected chi connectivity index (χ1v) is 8.36. The topological polar surface area (TPSA) is 73.5 Å². The first-order valence-electron chi connectivity index (χ1n) is 8.36. The van der Waals surface area contributed by atoms with E-state index in [1.165, 1.54) is 0 Å². The van der Waals surface area contributed by atoms with Gasteiger partial charge in [0.1, 0.15) is 0 Å². The van der Waals surface area contributed by atoms with E-state index in [0.717, 1.165) is 31.6 Å². The second-order valence-electron chi connectivity index (χ2n) is 6.58. The molecule has 2 aliphatic rings. The van der Waals surface area contributed by atoms with E-state index < -0.39 is 0 Å². The van der Waals surface area contributed by atoms with Gasteiger partial charge in [-0.15, -0.1) is 10.2 Å². The number of nitrogens with zero attached hydrogens (tertiary/aromatic N) is 4. The van der Waals surface area contributed by atoms with Crippen molar-refractivity contribution in [3.05, 3.63) is 35.7 Å². The summed E-state index contributed by atoms with van der Waals surface area (Å²) in [6, 6.07) is 4.02. The second kappa shape index (κ2) is 6.49. The van der Waals surface area contributed by atoms with E-state index >= 15 is 0 Å². The lowest BCUT2D eigenvalue weighted by Crippen LogP contribution is -2.25. The number of aromatic nitrogens is 3. The maximum atomic E-state index is 6.21. The maximum Gasteiger partial charge on any atom is 0.219 e. The largest absolute Gasteiger partial charge is 0.481 e. The fourth-order valence-electron chi connectivity index (χ4n) is 3.79. The Bertz CT molecular complexity index is 691. The van der Waals surface area contributed by atoms with Gasteiger partial charge in [0.15, 0.2) is 0 Å². The van der Waals surface area contributed by atoms with Crippen molar-refractivity contribution in [1.29, 1.82) is 0 Å². The third kappa shape index (κ3) is 3.14. The molecule has 4 rings (SSSR count). The molecule has 0 aromatic carbocycles. The first-order chi connectivity index (χ1) is 11.7. The Hall–Kier alpha value is -1.99. The fourth-order valence-corrected chi connectivity index (χ4v) is 3.79. The smallest absolute Gasteiger partial charge is 0.219 e. The Morgan fingerprint density at radius 2 is 2.25 bits per heavy atom. The van der Waals surface area contributed by atoms with Crippen LogP contribution in [0.5, 0.6) is 5.88 Å². The number of fused-ring (bicyclic) bond motifs is 1. The molecule has 0 amide bonds. The van der Waals surface area contributed by atoms with Gasteiger partial charge in [-0.3, -0.25) is 4.90 Å². The monoisotopic (exact) mass is 330 g/mol. The molecular weight excluding hydrogens is 308 g/mol. The van der Waals surface area contributed by atoms with Gasteiger partial charge in [0, 0.05) is 44.2 Å². The molecule has 2 fully saturated rings. The van der Waals surface area contributed by atoms with Crippen molar-refractivity contribution in [2.45, 2.75) is 38.5 Å². The molecule has 2 aromatic heterocycles. The molecular formula is C17H22N4O3. The van der Waals surface area contributed by atoms with Crippen LogP contribution >= 0.6 is 0 Å². The molecule has 0 saturated carbocycles. The van der Waals surface area contributed by atoms with Crippen LogP contribution in [-0.4, -0.2) is 52.5 Å². The summed E-state index contributed by atoms with van der Waals surface area (Å²) in [7, 11) is 1.66. The van der Waals surface area contributed by atoms with Crippen LogP contribution < -0.4 is 4.74 Å². The van der Waals surface area contributed by atoms with Crippen LogP contribution in [0.15, 0.2) is 22.7 Å². The second-order valence-corrected chi connectivity index (χ2v) is 6.58. The molecule has 0 radical (unpaired) electrons. The molecule has 0 unspecified atom stereocenters. The SMILES string of the molecule is COc1ncccc1CN1C[C@@H]2C[C@@H](Cc3nnc(C)o3)O[C@@H]2C1. The number of pyridine rings is 1. The lowest BCUT2D eigenvalue weighted by atomic mass is 10.0. The quantitative estimate of drug-likeness (QED) is 0.824. The van der Waals surface area contributed by atoms with Crippen LogP contribution in [-0.2, 0) is 17.7 Å². The van der Waals surface area contributed by atoms with Crippen molar-refractivity contribution in [2.24, 2.45) is 5.92 Å². The highest BCUT2D eigenvalue weighted by Crippen LogP contribution is 2.35. The lowest BCUT2D eigenvalue weighted by Gasteiger charge is -2.19. The molecule has 0 bridgehead atoms. The van der Waals surface area contributed by atoms with Crippen LogP contribution in [0.25, 0.3) is 0 Å². The summed E-state index contributed by atoms with van der Waals surface area (Å²) in [5.41, 5.74) is 1.12.